The first-order valence-electron chi connectivity index (χ1n) is 8.57. The van der Waals surface area contributed by atoms with Gasteiger partial charge in [-0.05, 0) is 29.6 Å². The molecule has 2 aromatic heterocycles. The topological polar surface area (TPSA) is 95.2 Å². The van der Waals surface area contributed by atoms with Crippen LogP contribution >= 0.6 is 22.9 Å². The van der Waals surface area contributed by atoms with Gasteiger partial charge in [0.05, 0.1) is 15.6 Å². The number of halogens is 1. The molecule has 1 amide bonds. The van der Waals surface area contributed by atoms with E-state index in [1.807, 2.05) is 17.5 Å². The number of H-pyrrole nitrogens is 1. The Morgan fingerprint density at radius 1 is 1.25 bits per heavy atom. The molecule has 10 heteroatoms. The van der Waals surface area contributed by atoms with Gasteiger partial charge in [0.15, 0.2) is 5.82 Å². The molecule has 28 heavy (non-hydrogen) atoms. The summed E-state index contributed by atoms with van der Waals surface area (Å²) >= 11 is 7.66. The van der Waals surface area contributed by atoms with Gasteiger partial charge >= 0.3 is 0 Å². The fourth-order valence-corrected chi connectivity index (χ4v) is 5.33. The van der Waals surface area contributed by atoms with Crippen LogP contribution < -0.4 is 5.32 Å². The zero-order valence-electron chi connectivity index (χ0n) is 15.3. The highest BCUT2D eigenvalue weighted by atomic mass is 35.5. The molecule has 0 aliphatic rings. The maximum absolute atomic E-state index is 12.8. The van der Waals surface area contributed by atoms with Crippen molar-refractivity contribution in [3.05, 3.63) is 52.4 Å². The quantitative estimate of drug-likeness (QED) is 0.581. The Labute approximate surface area is 172 Å². The van der Waals surface area contributed by atoms with Crippen LogP contribution in [-0.2, 0) is 10.0 Å². The average molecular weight is 439 g/mol. The third-order valence-electron chi connectivity index (χ3n) is 4.12. The predicted octanol–water partition coefficient (Wildman–Crippen LogP) is 4.07. The van der Waals surface area contributed by atoms with Crippen molar-refractivity contribution in [2.45, 2.75) is 18.7 Å². The number of rotatable bonds is 7. The van der Waals surface area contributed by atoms with E-state index in [1.165, 1.54) is 22.5 Å². The molecule has 7 nitrogen and oxygen atoms in total. The smallest absolute Gasteiger partial charge is 0.256 e. The second kappa shape index (κ2) is 8.44. The first kappa shape index (κ1) is 20.5. The Bertz CT molecular complexity index is 1070. The van der Waals surface area contributed by atoms with E-state index in [2.05, 4.69) is 15.5 Å². The Hall–Kier alpha value is -2.20. The summed E-state index contributed by atoms with van der Waals surface area (Å²) in [5, 5.41) is 11.6. The molecule has 0 atom stereocenters. The minimum absolute atomic E-state index is 0.0724. The van der Waals surface area contributed by atoms with Crippen LogP contribution in [-0.4, -0.2) is 41.9 Å². The minimum atomic E-state index is -3.79. The zero-order valence-corrected chi connectivity index (χ0v) is 17.7. The SMILES string of the molecule is CCN(CC)S(=O)(=O)c1cc(C(=O)Nc2cc(-c3cccs3)[nH]n2)ccc1Cl. The average Bonchev–Trinajstić information content (AvgIpc) is 3.34. The van der Waals surface area contributed by atoms with Gasteiger partial charge in [0.2, 0.25) is 10.0 Å². The van der Waals surface area contributed by atoms with Gasteiger partial charge in [0, 0.05) is 24.7 Å². The number of hydrogen-bond donors (Lipinski definition) is 2. The van der Waals surface area contributed by atoms with Crippen LogP contribution in [0.5, 0.6) is 0 Å². The molecule has 148 valence electrons. The van der Waals surface area contributed by atoms with Gasteiger partial charge in [0.25, 0.3) is 5.91 Å². The number of sulfonamides is 1. The number of carbonyl (C=O) groups is 1. The molecule has 0 radical (unpaired) electrons. The van der Waals surface area contributed by atoms with E-state index in [0.29, 0.717) is 18.9 Å². The third-order valence-corrected chi connectivity index (χ3v) is 7.56. The maximum atomic E-state index is 12.8. The molecule has 0 aliphatic carbocycles. The van der Waals surface area contributed by atoms with Crippen LogP contribution in [0.25, 0.3) is 10.6 Å². The zero-order chi connectivity index (χ0) is 20.3. The van der Waals surface area contributed by atoms with Gasteiger partial charge < -0.3 is 5.32 Å². The van der Waals surface area contributed by atoms with Crippen molar-refractivity contribution in [1.82, 2.24) is 14.5 Å². The summed E-state index contributed by atoms with van der Waals surface area (Å²) < 4.78 is 26.8. The van der Waals surface area contributed by atoms with E-state index < -0.39 is 15.9 Å². The molecule has 0 bridgehead atoms. The lowest BCUT2D eigenvalue weighted by Crippen LogP contribution is -2.31. The molecule has 2 heterocycles. The summed E-state index contributed by atoms with van der Waals surface area (Å²) in [6.07, 6.45) is 0. The maximum Gasteiger partial charge on any atom is 0.256 e. The van der Waals surface area contributed by atoms with Gasteiger partial charge in [-0.3, -0.25) is 9.89 Å². The number of carbonyl (C=O) groups excluding carboxylic acids is 1. The lowest BCUT2D eigenvalue weighted by atomic mass is 10.2. The number of nitrogens with one attached hydrogen (secondary N) is 2. The summed E-state index contributed by atoms with van der Waals surface area (Å²) in [5.41, 5.74) is 0.960. The van der Waals surface area contributed by atoms with Gasteiger partial charge in [-0.15, -0.1) is 11.3 Å². The third kappa shape index (κ3) is 4.12. The molecule has 0 saturated heterocycles. The van der Waals surface area contributed by atoms with E-state index in [0.717, 1.165) is 10.6 Å². The van der Waals surface area contributed by atoms with Crippen molar-refractivity contribution in [2.24, 2.45) is 0 Å². The van der Waals surface area contributed by atoms with Crippen LogP contribution in [0.1, 0.15) is 24.2 Å². The minimum Gasteiger partial charge on any atom is -0.305 e. The van der Waals surface area contributed by atoms with E-state index in [4.69, 9.17) is 11.6 Å². The van der Waals surface area contributed by atoms with Gasteiger partial charge in [-0.25, -0.2) is 8.42 Å². The van der Waals surface area contributed by atoms with Gasteiger partial charge in [0.1, 0.15) is 4.90 Å². The summed E-state index contributed by atoms with van der Waals surface area (Å²) in [6.45, 7) is 4.11. The molecule has 0 aliphatic heterocycles. The summed E-state index contributed by atoms with van der Waals surface area (Å²) in [7, 11) is -3.79. The summed E-state index contributed by atoms with van der Waals surface area (Å²) in [5.74, 6) is -0.131. The van der Waals surface area contributed by atoms with Crippen LogP contribution in [0.3, 0.4) is 0 Å². The number of aromatic nitrogens is 2. The molecule has 0 unspecified atom stereocenters. The Balaban J connectivity index is 1.85. The lowest BCUT2D eigenvalue weighted by Gasteiger charge is -2.19. The molecular formula is C18H19ClN4O3S2. The van der Waals surface area contributed by atoms with Gasteiger partial charge in [-0.2, -0.15) is 9.40 Å². The van der Waals surface area contributed by atoms with E-state index >= 15 is 0 Å². The molecule has 0 saturated carbocycles. The molecule has 0 fully saturated rings. The highest BCUT2D eigenvalue weighted by Gasteiger charge is 2.25. The fourth-order valence-electron chi connectivity index (χ4n) is 2.68. The second-order valence-electron chi connectivity index (χ2n) is 5.83. The van der Waals surface area contributed by atoms with Crippen molar-refractivity contribution in [3.63, 3.8) is 0 Å². The Morgan fingerprint density at radius 3 is 2.64 bits per heavy atom. The molecule has 3 rings (SSSR count). The number of anilines is 1. The Morgan fingerprint density at radius 2 is 2.00 bits per heavy atom. The standard InChI is InChI=1S/C18H19ClN4O3S2/c1-3-23(4-2)28(25,26)16-10-12(7-8-13(16)19)18(24)20-17-11-14(21-22-17)15-6-5-9-27-15/h5-11H,3-4H2,1-2H3,(H2,20,21,22,24). The van der Waals surface area contributed by atoms with E-state index in [9.17, 15) is 13.2 Å². The number of hydrogen-bond acceptors (Lipinski definition) is 5. The first-order valence-corrected chi connectivity index (χ1v) is 11.3. The number of benzene rings is 1. The van der Waals surface area contributed by atoms with Crippen molar-refractivity contribution < 1.29 is 13.2 Å². The molecule has 2 N–H and O–H groups in total. The van der Waals surface area contributed by atoms with Crippen LogP contribution in [0.2, 0.25) is 5.02 Å². The number of aromatic amines is 1. The number of amides is 1. The van der Waals surface area contributed by atoms with E-state index in [-0.39, 0.29) is 15.5 Å². The van der Waals surface area contributed by atoms with Crippen molar-refractivity contribution >= 4 is 44.7 Å². The van der Waals surface area contributed by atoms with Gasteiger partial charge in [-0.1, -0.05) is 31.5 Å². The highest BCUT2D eigenvalue weighted by molar-refractivity contribution is 7.89. The molecule has 3 aromatic rings. The molecule has 0 spiro atoms. The van der Waals surface area contributed by atoms with Crippen LogP contribution in [0.15, 0.2) is 46.7 Å². The Kier molecular flexibility index (Phi) is 6.19. The largest absolute Gasteiger partial charge is 0.305 e. The summed E-state index contributed by atoms with van der Waals surface area (Å²) in [6, 6.07) is 9.75. The fraction of sp³-hybridized carbons (Fsp3) is 0.222. The normalized spacial score (nSPS) is 11.7. The monoisotopic (exact) mass is 438 g/mol. The van der Waals surface area contributed by atoms with Crippen molar-refractivity contribution in [3.8, 4) is 10.6 Å². The van der Waals surface area contributed by atoms with Crippen LogP contribution in [0, 0.1) is 0 Å². The first-order chi connectivity index (χ1) is 13.4. The number of nitrogens with zero attached hydrogens (tertiary/aromatic N) is 2. The highest BCUT2D eigenvalue weighted by Crippen LogP contribution is 2.27. The summed E-state index contributed by atoms with van der Waals surface area (Å²) in [4.78, 5) is 13.5. The van der Waals surface area contributed by atoms with Crippen molar-refractivity contribution in [2.75, 3.05) is 18.4 Å². The van der Waals surface area contributed by atoms with Crippen LogP contribution in [0.4, 0.5) is 5.82 Å². The molecular weight excluding hydrogens is 420 g/mol. The van der Waals surface area contributed by atoms with E-state index in [1.54, 1.807) is 31.3 Å². The number of thiophene rings is 1. The molecule has 1 aromatic carbocycles. The van der Waals surface area contributed by atoms with Crippen molar-refractivity contribution in [1.29, 1.82) is 0 Å². The predicted molar refractivity (Wildman–Crippen MR) is 111 cm³/mol. The second-order valence-corrected chi connectivity index (χ2v) is 9.09. The lowest BCUT2D eigenvalue weighted by molar-refractivity contribution is 0.102.